The van der Waals surface area contributed by atoms with Crippen molar-refractivity contribution in [2.24, 2.45) is 0 Å². The van der Waals surface area contributed by atoms with Gasteiger partial charge in [-0.3, -0.25) is 4.79 Å². The minimum atomic E-state index is -0.125. The Bertz CT molecular complexity index is 586. The van der Waals surface area contributed by atoms with Crippen LogP contribution in [0.3, 0.4) is 0 Å². The summed E-state index contributed by atoms with van der Waals surface area (Å²) < 4.78 is 1.62. The maximum absolute atomic E-state index is 11.8. The number of anilines is 1. The first kappa shape index (κ1) is 12.2. The van der Waals surface area contributed by atoms with Gasteiger partial charge in [-0.25, -0.2) is 4.68 Å². The fraction of sp³-hybridized carbons (Fsp3) is 0.231. The number of aromatic nitrogens is 2. The number of aryl methyl sites for hydroxylation is 1. The molecule has 5 heteroatoms. The van der Waals surface area contributed by atoms with Crippen LogP contribution in [0, 0.1) is 6.92 Å². The van der Waals surface area contributed by atoms with E-state index < -0.39 is 0 Å². The molecule has 0 aliphatic rings. The van der Waals surface area contributed by atoms with Gasteiger partial charge in [0.2, 0.25) is 0 Å². The molecular formula is C13H16N4O. The molecule has 0 fully saturated rings. The molecule has 0 spiro atoms. The summed E-state index contributed by atoms with van der Waals surface area (Å²) in [7, 11) is 3.39. The van der Waals surface area contributed by atoms with E-state index in [-0.39, 0.29) is 5.91 Å². The molecule has 18 heavy (non-hydrogen) atoms. The van der Waals surface area contributed by atoms with Gasteiger partial charge in [-0.05, 0) is 30.7 Å². The van der Waals surface area contributed by atoms with Gasteiger partial charge in [-0.2, -0.15) is 5.10 Å². The number of nitrogens with zero attached hydrogens (tertiary/aromatic N) is 3. The third-order valence-electron chi connectivity index (χ3n) is 2.65. The molecule has 0 unspecified atom stereocenters. The van der Waals surface area contributed by atoms with Crippen LogP contribution in [0.25, 0.3) is 5.69 Å². The van der Waals surface area contributed by atoms with Crippen LogP contribution >= 0.6 is 0 Å². The van der Waals surface area contributed by atoms with E-state index in [4.69, 9.17) is 5.73 Å². The number of carbonyl (C=O) groups is 1. The lowest BCUT2D eigenvalue weighted by Gasteiger charge is -2.08. The highest BCUT2D eigenvalue weighted by Gasteiger charge is 2.12. The van der Waals surface area contributed by atoms with Gasteiger partial charge in [0.25, 0.3) is 5.91 Å². The van der Waals surface area contributed by atoms with Crippen LogP contribution in [0.5, 0.6) is 0 Å². The van der Waals surface area contributed by atoms with Crippen molar-refractivity contribution >= 4 is 11.6 Å². The minimum Gasteiger partial charge on any atom is -0.397 e. The maximum atomic E-state index is 11.8. The fourth-order valence-electron chi connectivity index (χ4n) is 1.65. The van der Waals surface area contributed by atoms with E-state index >= 15 is 0 Å². The van der Waals surface area contributed by atoms with Gasteiger partial charge in [0, 0.05) is 20.3 Å². The molecule has 1 heterocycles. The van der Waals surface area contributed by atoms with E-state index in [0.29, 0.717) is 11.4 Å². The van der Waals surface area contributed by atoms with Crippen molar-refractivity contribution in [2.45, 2.75) is 6.92 Å². The molecule has 1 amide bonds. The highest BCUT2D eigenvalue weighted by Crippen LogP contribution is 2.18. The SMILES string of the molecule is Cc1ccc(N)c(-n2ccc(C(=O)N(C)C)n2)c1. The first-order valence-electron chi connectivity index (χ1n) is 5.63. The van der Waals surface area contributed by atoms with E-state index in [0.717, 1.165) is 11.3 Å². The molecule has 94 valence electrons. The number of nitrogen functional groups attached to an aromatic ring is 1. The number of amides is 1. The van der Waals surface area contributed by atoms with Crippen molar-refractivity contribution in [3.05, 3.63) is 41.7 Å². The van der Waals surface area contributed by atoms with Crippen molar-refractivity contribution < 1.29 is 4.79 Å². The largest absolute Gasteiger partial charge is 0.397 e. The molecule has 0 aliphatic heterocycles. The van der Waals surface area contributed by atoms with Gasteiger partial charge in [-0.1, -0.05) is 6.07 Å². The van der Waals surface area contributed by atoms with Crippen molar-refractivity contribution in [1.82, 2.24) is 14.7 Å². The zero-order chi connectivity index (χ0) is 13.3. The second-order valence-corrected chi connectivity index (χ2v) is 4.41. The molecule has 0 atom stereocenters. The smallest absolute Gasteiger partial charge is 0.273 e. The van der Waals surface area contributed by atoms with Gasteiger partial charge < -0.3 is 10.6 Å². The Kier molecular flexibility index (Phi) is 3.06. The van der Waals surface area contributed by atoms with Gasteiger partial charge in [0.1, 0.15) is 0 Å². The summed E-state index contributed by atoms with van der Waals surface area (Å²) in [5, 5.41) is 4.25. The Labute approximate surface area is 106 Å². The number of rotatable bonds is 2. The lowest BCUT2D eigenvalue weighted by Crippen LogP contribution is -2.22. The summed E-state index contributed by atoms with van der Waals surface area (Å²) >= 11 is 0. The van der Waals surface area contributed by atoms with Crippen LogP contribution in [0.4, 0.5) is 5.69 Å². The Balaban J connectivity index is 2.41. The predicted molar refractivity (Wildman–Crippen MR) is 70.7 cm³/mol. The van der Waals surface area contributed by atoms with E-state index in [1.807, 2.05) is 25.1 Å². The third-order valence-corrected chi connectivity index (χ3v) is 2.65. The van der Waals surface area contributed by atoms with E-state index in [1.54, 1.807) is 31.0 Å². The number of hydrogen-bond donors (Lipinski definition) is 1. The average Bonchev–Trinajstić information content (AvgIpc) is 2.80. The Morgan fingerprint density at radius 2 is 2.06 bits per heavy atom. The average molecular weight is 244 g/mol. The molecule has 0 radical (unpaired) electrons. The van der Waals surface area contributed by atoms with Crippen molar-refractivity contribution in [3.63, 3.8) is 0 Å². The normalized spacial score (nSPS) is 10.4. The van der Waals surface area contributed by atoms with Crippen LogP contribution in [-0.4, -0.2) is 34.7 Å². The molecule has 2 aromatic rings. The molecule has 0 bridgehead atoms. The quantitative estimate of drug-likeness (QED) is 0.813. The molecule has 1 aromatic carbocycles. The van der Waals surface area contributed by atoms with Gasteiger partial charge >= 0.3 is 0 Å². The lowest BCUT2D eigenvalue weighted by atomic mass is 10.2. The number of carbonyl (C=O) groups excluding carboxylic acids is 1. The highest BCUT2D eigenvalue weighted by molar-refractivity contribution is 5.91. The van der Waals surface area contributed by atoms with Crippen molar-refractivity contribution in [2.75, 3.05) is 19.8 Å². The van der Waals surface area contributed by atoms with Crippen LogP contribution in [0.1, 0.15) is 16.1 Å². The topological polar surface area (TPSA) is 64.2 Å². The zero-order valence-electron chi connectivity index (χ0n) is 10.7. The zero-order valence-corrected chi connectivity index (χ0v) is 10.7. The predicted octanol–water partition coefficient (Wildman–Crippen LogP) is 1.46. The maximum Gasteiger partial charge on any atom is 0.273 e. The standard InChI is InChI=1S/C13H16N4O/c1-9-4-5-10(14)12(8-9)17-7-6-11(15-17)13(18)16(2)3/h4-8H,14H2,1-3H3. The second kappa shape index (κ2) is 4.52. The number of hydrogen-bond acceptors (Lipinski definition) is 3. The van der Waals surface area contributed by atoms with E-state index in [9.17, 15) is 4.79 Å². The van der Waals surface area contributed by atoms with Gasteiger partial charge in [-0.15, -0.1) is 0 Å². The van der Waals surface area contributed by atoms with Crippen molar-refractivity contribution in [3.8, 4) is 5.69 Å². The first-order valence-corrected chi connectivity index (χ1v) is 5.63. The molecule has 0 saturated carbocycles. The van der Waals surface area contributed by atoms with Crippen LogP contribution in [0.15, 0.2) is 30.5 Å². The highest BCUT2D eigenvalue weighted by atomic mass is 16.2. The molecule has 0 saturated heterocycles. The summed E-state index contributed by atoms with van der Waals surface area (Å²) in [4.78, 5) is 13.3. The van der Waals surface area contributed by atoms with Crippen LogP contribution < -0.4 is 5.73 Å². The Morgan fingerprint density at radius 3 is 2.72 bits per heavy atom. The molecule has 2 rings (SSSR count). The molecule has 0 aliphatic carbocycles. The minimum absolute atomic E-state index is 0.125. The van der Waals surface area contributed by atoms with Crippen LogP contribution in [-0.2, 0) is 0 Å². The summed E-state index contributed by atoms with van der Waals surface area (Å²) in [6.45, 7) is 1.98. The monoisotopic (exact) mass is 244 g/mol. The third kappa shape index (κ3) is 2.20. The summed E-state index contributed by atoms with van der Waals surface area (Å²) in [5.41, 5.74) is 8.82. The van der Waals surface area contributed by atoms with E-state index in [2.05, 4.69) is 5.10 Å². The molecular weight excluding hydrogens is 228 g/mol. The Morgan fingerprint density at radius 1 is 1.33 bits per heavy atom. The van der Waals surface area contributed by atoms with Crippen molar-refractivity contribution in [1.29, 1.82) is 0 Å². The van der Waals surface area contributed by atoms with Gasteiger partial charge in [0.05, 0.1) is 11.4 Å². The number of benzene rings is 1. The molecule has 2 N–H and O–H groups in total. The fourth-order valence-corrected chi connectivity index (χ4v) is 1.65. The van der Waals surface area contributed by atoms with Gasteiger partial charge in [0.15, 0.2) is 5.69 Å². The second-order valence-electron chi connectivity index (χ2n) is 4.41. The van der Waals surface area contributed by atoms with E-state index in [1.165, 1.54) is 4.90 Å². The summed E-state index contributed by atoms with van der Waals surface area (Å²) in [5.74, 6) is -0.125. The molecule has 5 nitrogen and oxygen atoms in total. The summed E-state index contributed by atoms with van der Waals surface area (Å²) in [6, 6.07) is 7.39. The molecule has 1 aromatic heterocycles. The Hall–Kier alpha value is -2.30. The van der Waals surface area contributed by atoms with Crippen LogP contribution in [0.2, 0.25) is 0 Å². The first-order chi connectivity index (χ1) is 8.49. The number of nitrogens with two attached hydrogens (primary N) is 1. The lowest BCUT2D eigenvalue weighted by molar-refractivity contribution is 0.0821. The summed E-state index contributed by atoms with van der Waals surface area (Å²) in [6.07, 6.45) is 1.74.